The molecule has 0 fully saturated rings. The Labute approximate surface area is 89.5 Å². The molecule has 1 rings (SSSR count). The normalized spacial score (nSPS) is 10.3. The van der Waals surface area contributed by atoms with Crippen molar-refractivity contribution in [1.82, 2.24) is 5.32 Å². The summed E-state index contributed by atoms with van der Waals surface area (Å²) in [6, 6.07) is 5.23. The van der Waals surface area contributed by atoms with Gasteiger partial charge in [-0.2, -0.15) is 0 Å². The highest BCUT2D eigenvalue weighted by Gasteiger charge is 2.02. The van der Waals surface area contributed by atoms with E-state index in [9.17, 15) is 5.11 Å². The molecule has 0 radical (unpaired) electrons. The Morgan fingerprint density at radius 1 is 1.40 bits per heavy atom. The molecule has 0 aliphatic heterocycles. The molecule has 84 valence electrons. The van der Waals surface area contributed by atoms with Crippen LogP contribution >= 0.6 is 0 Å². The highest BCUT2D eigenvalue weighted by molar-refractivity contribution is 5.41. The van der Waals surface area contributed by atoms with Gasteiger partial charge in [-0.1, -0.05) is 6.07 Å². The molecule has 0 unspecified atom stereocenters. The zero-order valence-corrected chi connectivity index (χ0v) is 8.86. The van der Waals surface area contributed by atoms with Crippen LogP contribution in [0.2, 0.25) is 0 Å². The topological polar surface area (TPSA) is 61.7 Å². The van der Waals surface area contributed by atoms with E-state index < -0.39 is 0 Å². The van der Waals surface area contributed by atoms with Crippen molar-refractivity contribution in [1.29, 1.82) is 0 Å². The van der Waals surface area contributed by atoms with E-state index in [1.807, 2.05) is 13.0 Å². The Bertz CT molecular complexity index is 302. The van der Waals surface area contributed by atoms with Crippen molar-refractivity contribution in [3.05, 3.63) is 23.8 Å². The molecule has 4 heteroatoms. The van der Waals surface area contributed by atoms with Gasteiger partial charge in [0, 0.05) is 13.1 Å². The smallest absolute Gasteiger partial charge is 0.161 e. The van der Waals surface area contributed by atoms with Crippen molar-refractivity contribution in [2.24, 2.45) is 0 Å². The summed E-state index contributed by atoms with van der Waals surface area (Å²) < 4.78 is 5.26. The maximum absolute atomic E-state index is 9.45. The lowest BCUT2D eigenvalue weighted by atomic mass is 10.2. The number of aliphatic hydroxyl groups is 1. The highest BCUT2D eigenvalue weighted by atomic mass is 16.5. The lowest BCUT2D eigenvalue weighted by Crippen LogP contribution is -2.17. The highest BCUT2D eigenvalue weighted by Crippen LogP contribution is 2.26. The number of nitrogens with one attached hydrogen (secondary N) is 1. The Balaban J connectivity index is 2.61. The predicted octanol–water partition coefficient (Wildman–Crippen LogP) is 0.873. The average molecular weight is 211 g/mol. The van der Waals surface area contributed by atoms with E-state index >= 15 is 0 Å². The number of benzene rings is 1. The van der Waals surface area contributed by atoms with Crippen LogP contribution in [-0.2, 0) is 6.54 Å². The van der Waals surface area contributed by atoms with E-state index in [0.717, 1.165) is 5.56 Å². The van der Waals surface area contributed by atoms with E-state index in [0.29, 0.717) is 25.4 Å². The first kappa shape index (κ1) is 11.8. The second-order valence-electron chi connectivity index (χ2n) is 3.14. The van der Waals surface area contributed by atoms with Crippen LogP contribution < -0.4 is 10.1 Å². The molecule has 0 amide bonds. The standard InChI is InChI=1S/C11H17NO3/c1-2-15-11-7-9(3-4-10(11)14)8-12-5-6-13/h3-4,7,12-14H,2,5-6,8H2,1H3. The minimum absolute atomic E-state index is 0.121. The summed E-state index contributed by atoms with van der Waals surface area (Å²) in [6.45, 7) is 3.74. The first-order chi connectivity index (χ1) is 7.27. The lowest BCUT2D eigenvalue weighted by molar-refractivity contribution is 0.291. The largest absolute Gasteiger partial charge is 0.504 e. The van der Waals surface area contributed by atoms with E-state index in [4.69, 9.17) is 9.84 Å². The minimum Gasteiger partial charge on any atom is -0.504 e. The summed E-state index contributed by atoms with van der Waals surface area (Å²) in [5, 5.41) is 21.1. The van der Waals surface area contributed by atoms with Crippen LogP contribution in [0.25, 0.3) is 0 Å². The van der Waals surface area contributed by atoms with Crippen LogP contribution in [0.5, 0.6) is 11.5 Å². The molecule has 4 nitrogen and oxygen atoms in total. The zero-order valence-electron chi connectivity index (χ0n) is 8.86. The van der Waals surface area contributed by atoms with E-state index in [1.54, 1.807) is 12.1 Å². The third kappa shape index (κ3) is 3.77. The average Bonchev–Trinajstić information content (AvgIpc) is 2.23. The first-order valence-electron chi connectivity index (χ1n) is 5.04. The number of phenols is 1. The summed E-state index contributed by atoms with van der Waals surface area (Å²) in [7, 11) is 0. The molecule has 0 saturated heterocycles. The van der Waals surface area contributed by atoms with E-state index in [-0.39, 0.29) is 12.4 Å². The molecule has 0 spiro atoms. The fourth-order valence-corrected chi connectivity index (χ4v) is 1.25. The summed E-state index contributed by atoms with van der Waals surface area (Å²) in [5.41, 5.74) is 1.02. The molecule has 0 aliphatic rings. The molecule has 0 aromatic heterocycles. The molecule has 0 atom stereocenters. The lowest BCUT2D eigenvalue weighted by Gasteiger charge is -2.08. The molecule has 3 N–H and O–H groups in total. The molecular formula is C11H17NO3. The van der Waals surface area contributed by atoms with Crippen molar-refractivity contribution >= 4 is 0 Å². The van der Waals surface area contributed by atoms with Crippen LogP contribution in [0.15, 0.2) is 18.2 Å². The van der Waals surface area contributed by atoms with Gasteiger partial charge >= 0.3 is 0 Å². The summed E-state index contributed by atoms with van der Waals surface area (Å²) in [4.78, 5) is 0. The summed E-state index contributed by atoms with van der Waals surface area (Å²) in [6.07, 6.45) is 0. The predicted molar refractivity (Wildman–Crippen MR) is 58.1 cm³/mol. The van der Waals surface area contributed by atoms with Gasteiger partial charge in [0.05, 0.1) is 13.2 Å². The van der Waals surface area contributed by atoms with Gasteiger partial charge in [-0.3, -0.25) is 0 Å². The van der Waals surface area contributed by atoms with Gasteiger partial charge in [-0.05, 0) is 24.6 Å². The fraction of sp³-hybridized carbons (Fsp3) is 0.455. The van der Waals surface area contributed by atoms with Gasteiger partial charge in [-0.15, -0.1) is 0 Å². The Hall–Kier alpha value is -1.26. The van der Waals surface area contributed by atoms with Crippen LogP contribution in [-0.4, -0.2) is 30.0 Å². The fourth-order valence-electron chi connectivity index (χ4n) is 1.25. The molecule has 0 bridgehead atoms. The van der Waals surface area contributed by atoms with Gasteiger partial charge in [0.2, 0.25) is 0 Å². The van der Waals surface area contributed by atoms with Crippen LogP contribution in [0.3, 0.4) is 0 Å². The van der Waals surface area contributed by atoms with Crippen molar-refractivity contribution in [2.45, 2.75) is 13.5 Å². The third-order valence-corrected chi connectivity index (χ3v) is 1.94. The minimum atomic E-state index is 0.121. The Kier molecular flexibility index (Phi) is 4.93. The van der Waals surface area contributed by atoms with E-state index in [2.05, 4.69) is 5.32 Å². The summed E-state index contributed by atoms with van der Waals surface area (Å²) in [5.74, 6) is 0.656. The summed E-state index contributed by atoms with van der Waals surface area (Å²) >= 11 is 0. The van der Waals surface area contributed by atoms with Gasteiger partial charge in [0.15, 0.2) is 11.5 Å². The number of hydrogen-bond acceptors (Lipinski definition) is 4. The monoisotopic (exact) mass is 211 g/mol. The van der Waals surface area contributed by atoms with Crippen molar-refractivity contribution < 1.29 is 14.9 Å². The second-order valence-corrected chi connectivity index (χ2v) is 3.14. The first-order valence-corrected chi connectivity index (χ1v) is 5.04. The van der Waals surface area contributed by atoms with Crippen molar-refractivity contribution in [3.63, 3.8) is 0 Å². The van der Waals surface area contributed by atoms with Crippen LogP contribution in [0.4, 0.5) is 0 Å². The molecule has 1 aromatic carbocycles. The SMILES string of the molecule is CCOc1cc(CNCCO)ccc1O. The van der Waals surface area contributed by atoms with Gasteiger partial charge in [-0.25, -0.2) is 0 Å². The Morgan fingerprint density at radius 2 is 2.20 bits per heavy atom. The third-order valence-electron chi connectivity index (χ3n) is 1.94. The molecule has 0 heterocycles. The molecule has 1 aromatic rings. The molecular weight excluding hydrogens is 194 g/mol. The maximum atomic E-state index is 9.45. The van der Waals surface area contributed by atoms with E-state index in [1.165, 1.54) is 0 Å². The molecule has 0 aliphatic carbocycles. The number of ether oxygens (including phenoxy) is 1. The van der Waals surface area contributed by atoms with Gasteiger partial charge < -0.3 is 20.3 Å². The van der Waals surface area contributed by atoms with Crippen LogP contribution in [0.1, 0.15) is 12.5 Å². The maximum Gasteiger partial charge on any atom is 0.161 e. The molecule has 0 saturated carbocycles. The number of aromatic hydroxyl groups is 1. The van der Waals surface area contributed by atoms with Crippen LogP contribution in [0, 0.1) is 0 Å². The van der Waals surface area contributed by atoms with Crippen molar-refractivity contribution in [2.75, 3.05) is 19.8 Å². The zero-order chi connectivity index (χ0) is 11.1. The second kappa shape index (κ2) is 6.27. The number of aliphatic hydroxyl groups excluding tert-OH is 1. The number of rotatable bonds is 6. The molecule has 15 heavy (non-hydrogen) atoms. The van der Waals surface area contributed by atoms with Gasteiger partial charge in [0.1, 0.15) is 0 Å². The number of hydrogen-bond donors (Lipinski definition) is 3. The van der Waals surface area contributed by atoms with Gasteiger partial charge in [0.25, 0.3) is 0 Å². The quantitative estimate of drug-likeness (QED) is 0.611. The Morgan fingerprint density at radius 3 is 2.87 bits per heavy atom. The number of phenolic OH excluding ortho intramolecular Hbond substituents is 1. The van der Waals surface area contributed by atoms with Crippen molar-refractivity contribution in [3.8, 4) is 11.5 Å².